The van der Waals surface area contributed by atoms with Crippen LogP contribution in [0, 0.1) is 29.1 Å². The van der Waals surface area contributed by atoms with Gasteiger partial charge >= 0.3 is 12.1 Å². The summed E-state index contributed by atoms with van der Waals surface area (Å²) in [4.78, 5) is 110. The molecule has 0 aliphatic heterocycles. The highest BCUT2D eigenvalue weighted by Gasteiger charge is 2.69. The van der Waals surface area contributed by atoms with E-state index < -0.39 is 107 Å². The van der Waals surface area contributed by atoms with Crippen LogP contribution < -0.4 is 16.0 Å². The van der Waals surface area contributed by atoms with Gasteiger partial charge in [-0.15, -0.1) is 0 Å². The molecule has 0 heterocycles. The van der Waals surface area contributed by atoms with Gasteiger partial charge in [-0.2, -0.15) is 0 Å². The second-order valence-corrected chi connectivity index (χ2v) is 15.4. The number of Topliss-reactive ketones (excluding diaryl/α,β-unsaturated/α-hetero) is 4. The maximum absolute atomic E-state index is 14.3. The van der Waals surface area contributed by atoms with Gasteiger partial charge in [0.1, 0.15) is 12.3 Å². The molecule has 0 spiro atoms. The topological polar surface area (TPSA) is 243 Å². The van der Waals surface area contributed by atoms with Crippen LogP contribution >= 0.6 is 0 Å². The number of hydrogen-bond acceptors (Lipinski definition) is 14. The number of primary amides is 1. The molecular weight excluding hydrogens is 694 g/mol. The van der Waals surface area contributed by atoms with E-state index in [2.05, 4.69) is 5.32 Å². The fourth-order valence-electron chi connectivity index (χ4n) is 7.53. The number of ketones is 4. The van der Waals surface area contributed by atoms with E-state index in [9.17, 15) is 48.6 Å². The normalized spacial score (nSPS) is 25.2. The van der Waals surface area contributed by atoms with E-state index in [4.69, 9.17) is 15.2 Å². The molecule has 0 radical (unpaired) electrons. The van der Waals surface area contributed by atoms with Crippen molar-refractivity contribution in [3.05, 3.63) is 17.2 Å². The van der Waals surface area contributed by atoms with Gasteiger partial charge in [-0.1, -0.05) is 13.3 Å². The first-order valence-electron chi connectivity index (χ1n) is 17.4. The number of nitrogens with zero attached hydrogens (tertiary/aromatic N) is 3. The molecule has 3 aliphatic carbocycles. The summed E-state index contributed by atoms with van der Waals surface area (Å²) in [5.41, 5.74) is 1.91. The van der Waals surface area contributed by atoms with Gasteiger partial charge in [0.05, 0.1) is 28.6 Å². The summed E-state index contributed by atoms with van der Waals surface area (Å²) in [5, 5.41) is 25.9. The number of hydrogen-bond donors (Lipinski definition) is 4. The van der Waals surface area contributed by atoms with Crippen LogP contribution in [-0.2, 0) is 44.7 Å². The molecular formula is C36H49N5O12. The molecule has 2 fully saturated rings. The van der Waals surface area contributed by atoms with Crippen LogP contribution in [0.2, 0.25) is 0 Å². The number of fused-ring (bicyclic) bond motifs is 3. The van der Waals surface area contributed by atoms with Gasteiger partial charge in [0, 0.05) is 32.2 Å². The van der Waals surface area contributed by atoms with Crippen molar-refractivity contribution < 1.29 is 58.0 Å². The number of aliphatic hydroxyl groups is 1. The Morgan fingerprint density at radius 2 is 1.68 bits per heavy atom. The van der Waals surface area contributed by atoms with Gasteiger partial charge < -0.3 is 35.6 Å². The zero-order valence-corrected chi connectivity index (χ0v) is 31.3. The minimum Gasteiger partial charge on any atom is -0.505 e. The van der Waals surface area contributed by atoms with Crippen LogP contribution in [0.4, 0.5) is 16.2 Å². The maximum Gasteiger partial charge on any atom is 0.413 e. The predicted octanol–water partition coefficient (Wildman–Crippen LogP) is 0.657. The van der Waals surface area contributed by atoms with Crippen molar-refractivity contribution in [3.63, 3.8) is 0 Å². The number of unbranched alkanes of at least 4 members (excludes halogenated alkanes) is 1. The van der Waals surface area contributed by atoms with Crippen LogP contribution in [0.5, 0.6) is 5.75 Å². The van der Waals surface area contributed by atoms with Gasteiger partial charge in [0.2, 0.25) is 18.6 Å². The molecule has 17 heteroatoms. The van der Waals surface area contributed by atoms with Crippen LogP contribution in [0.3, 0.4) is 0 Å². The van der Waals surface area contributed by atoms with Gasteiger partial charge in [-0.25, -0.2) is 4.79 Å². The first-order chi connectivity index (χ1) is 24.6. The largest absolute Gasteiger partial charge is 0.505 e. The Hall–Kier alpha value is -4.90. The Labute approximate surface area is 307 Å². The minimum atomic E-state index is -2.88. The lowest BCUT2D eigenvalue weighted by molar-refractivity contribution is -0.181. The molecule has 3 amide bonds. The number of amides is 3. The van der Waals surface area contributed by atoms with E-state index in [1.54, 1.807) is 39.8 Å². The van der Waals surface area contributed by atoms with Gasteiger partial charge in [0.25, 0.3) is 0 Å². The molecule has 0 bridgehead atoms. The number of phenolic OH excluding ortho intramolecular Hbond substituents is 1. The highest BCUT2D eigenvalue weighted by molar-refractivity contribution is 6.32. The molecule has 4 rings (SSSR count). The molecule has 6 atom stereocenters. The maximum atomic E-state index is 14.3. The van der Waals surface area contributed by atoms with Gasteiger partial charge in [-0.3, -0.25) is 43.4 Å². The molecule has 1 aromatic rings. The molecule has 17 nitrogen and oxygen atoms in total. The summed E-state index contributed by atoms with van der Waals surface area (Å²) in [6.07, 6.45) is 0.152. The number of likely N-dealkylation sites (N-methyl/N-ethyl adjacent to an activating group) is 1. The number of carbonyl (C=O) groups is 8. The number of ether oxygens (including phenoxy) is 2. The number of benzene rings is 1. The predicted molar refractivity (Wildman–Crippen MR) is 188 cm³/mol. The van der Waals surface area contributed by atoms with Crippen molar-refractivity contribution >= 4 is 58.4 Å². The molecule has 3 aliphatic rings. The Balaban J connectivity index is 1.66. The zero-order chi connectivity index (χ0) is 39.9. The fraction of sp³-hybridized carbons (Fsp3) is 0.611. The number of nitrogens with two attached hydrogens (primary N) is 1. The van der Waals surface area contributed by atoms with Crippen molar-refractivity contribution in [1.29, 1.82) is 0 Å². The Morgan fingerprint density at radius 1 is 1.04 bits per heavy atom. The van der Waals surface area contributed by atoms with Gasteiger partial charge in [-0.05, 0) is 71.7 Å². The SMILES string of the molecule is CCCCN(CC(=O)Nc1cc(N(C)C)c2c(c1O)C(=O)C1C(=O)[C@]3(O)C(=O)C(C(N)=O)C(=O)[C@@H](N(C)C)[C@@H]3C[C@@H]1C2)C(=O)OCOC(=O)C(C)(C)C. The second kappa shape index (κ2) is 15.2. The number of nitrogens with one attached hydrogen (secondary N) is 1. The Bertz CT molecular complexity index is 1730. The van der Waals surface area contributed by atoms with Crippen LogP contribution in [0.1, 0.15) is 62.9 Å². The third-order valence-corrected chi connectivity index (χ3v) is 10.2. The van der Waals surface area contributed by atoms with Crippen molar-refractivity contribution in [2.24, 2.45) is 34.8 Å². The molecule has 0 aromatic heterocycles. The summed E-state index contributed by atoms with van der Waals surface area (Å²) < 4.78 is 10.1. The van der Waals surface area contributed by atoms with Crippen LogP contribution in [-0.4, -0.2) is 127 Å². The van der Waals surface area contributed by atoms with Crippen molar-refractivity contribution in [3.8, 4) is 5.75 Å². The summed E-state index contributed by atoms with van der Waals surface area (Å²) in [7, 11) is 6.34. The lowest BCUT2D eigenvalue weighted by Gasteiger charge is -2.52. The lowest BCUT2D eigenvalue weighted by atomic mass is 9.52. The second-order valence-electron chi connectivity index (χ2n) is 15.4. The molecule has 2 saturated carbocycles. The molecule has 0 saturated heterocycles. The lowest BCUT2D eigenvalue weighted by Crippen LogP contribution is -2.74. The molecule has 1 aromatic carbocycles. The number of anilines is 2. The zero-order valence-electron chi connectivity index (χ0n) is 31.3. The average molecular weight is 744 g/mol. The monoisotopic (exact) mass is 743 g/mol. The number of aromatic hydroxyl groups is 1. The van der Waals surface area contributed by atoms with E-state index in [0.717, 1.165) is 4.90 Å². The summed E-state index contributed by atoms with van der Waals surface area (Å²) in [5.74, 6) is -13.5. The first kappa shape index (κ1) is 40.9. The minimum absolute atomic E-state index is 0.0254. The van der Waals surface area contributed by atoms with Crippen molar-refractivity contribution in [2.45, 2.75) is 65.0 Å². The smallest absolute Gasteiger partial charge is 0.413 e. The van der Waals surface area contributed by atoms with Crippen molar-refractivity contribution in [1.82, 2.24) is 9.80 Å². The Kier molecular flexibility index (Phi) is 11.7. The number of carbonyl (C=O) groups excluding carboxylic acids is 8. The molecule has 53 heavy (non-hydrogen) atoms. The molecule has 5 N–H and O–H groups in total. The standard InChI is InChI=1S/C36H49N5O12/c1-9-10-11-41(34(50)53-16-52-33(49)35(2,3)4)15-22(42)38-20-14-21(39(5)6)18-12-17-13-19-26(40(7)8)29(45)25(32(37)48)31(47)36(19,51)30(46)23(17)28(44)24(18)27(20)43/h14,17,19,23,25-26,43,51H,9-13,15-16H2,1-8H3,(H2,37,48)(H,38,42)/t17-,19-,23?,25?,26-,36-/m0/s1. The van der Waals surface area contributed by atoms with Crippen LogP contribution in [0.15, 0.2) is 6.07 Å². The number of phenols is 1. The van der Waals surface area contributed by atoms with E-state index in [1.807, 2.05) is 6.92 Å². The third-order valence-electron chi connectivity index (χ3n) is 10.2. The Morgan fingerprint density at radius 3 is 2.23 bits per heavy atom. The number of rotatable bonds is 11. The van der Waals surface area contributed by atoms with E-state index in [-0.39, 0.29) is 30.6 Å². The third kappa shape index (κ3) is 7.49. The van der Waals surface area contributed by atoms with E-state index in [0.29, 0.717) is 24.1 Å². The molecule has 2 unspecified atom stereocenters. The van der Waals surface area contributed by atoms with Crippen molar-refractivity contribution in [2.75, 3.05) is 58.3 Å². The summed E-state index contributed by atoms with van der Waals surface area (Å²) in [6.45, 7) is 5.67. The van der Waals surface area contributed by atoms with E-state index in [1.165, 1.54) is 25.1 Å². The van der Waals surface area contributed by atoms with E-state index >= 15 is 0 Å². The highest BCUT2D eigenvalue weighted by Crippen LogP contribution is 2.52. The summed E-state index contributed by atoms with van der Waals surface area (Å²) >= 11 is 0. The average Bonchev–Trinajstić information content (AvgIpc) is 3.04. The number of esters is 1. The fourth-order valence-corrected chi connectivity index (χ4v) is 7.53. The summed E-state index contributed by atoms with van der Waals surface area (Å²) in [6, 6.07) is 0.207. The van der Waals surface area contributed by atoms with Crippen LogP contribution in [0.25, 0.3) is 0 Å². The quantitative estimate of drug-likeness (QED) is 0.105. The van der Waals surface area contributed by atoms with Gasteiger partial charge in [0.15, 0.2) is 34.7 Å². The highest BCUT2D eigenvalue weighted by atomic mass is 16.7. The first-order valence-corrected chi connectivity index (χ1v) is 17.4. The molecule has 290 valence electrons.